The molecule has 25 heavy (non-hydrogen) atoms. The molecule has 0 fully saturated rings. The molecule has 1 aromatic heterocycles. The summed E-state index contributed by atoms with van der Waals surface area (Å²) >= 11 is 1.42. The maximum absolute atomic E-state index is 12.0. The van der Waals surface area contributed by atoms with Crippen LogP contribution in [0.1, 0.15) is 29.0 Å². The fraction of sp³-hybridized carbons (Fsp3) is 0.150. The van der Waals surface area contributed by atoms with Gasteiger partial charge in [0.1, 0.15) is 5.01 Å². The van der Waals surface area contributed by atoms with Crippen LogP contribution in [0, 0.1) is 0 Å². The van der Waals surface area contributed by atoms with E-state index < -0.39 is 0 Å². The van der Waals surface area contributed by atoms with E-state index in [1.165, 1.54) is 23.0 Å². The summed E-state index contributed by atoms with van der Waals surface area (Å²) in [5.41, 5.74) is 2.25. The quantitative estimate of drug-likeness (QED) is 0.665. The molecule has 126 valence electrons. The molecular formula is C20H19N3OS. The van der Waals surface area contributed by atoms with E-state index >= 15 is 0 Å². The van der Waals surface area contributed by atoms with Crippen molar-refractivity contribution in [2.24, 2.45) is 0 Å². The Hall–Kier alpha value is -2.79. The number of hydrogen-bond donors (Lipinski definition) is 1. The van der Waals surface area contributed by atoms with E-state index in [4.69, 9.17) is 0 Å². The van der Waals surface area contributed by atoms with Gasteiger partial charge in [0.2, 0.25) is 11.0 Å². The second-order valence-electron chi connectivity index (χ2n) is 5.75. The van der Waals surface area contributed by atoms with Gasteiger partial charge in [-0.25, -0.2) is 0 Å². The van der Waals surface area contributed by atoms with Crippen molar-refractivity contribution < 1.29 is 4.79 Å². The number of benzene rings is 2. The van der Waals surface area contributed by atoms with Gasteiger partial charge in [0.25, 0.3) is 0 Å². The summed E-state index contributed by atoms with van der Waals surface area (Å²) in [5, 5.41) is 12.4. The van der Waals surface area contributed by atoms with Crippen LogP contribution in [0.15, 0.2) is 66.7 Å². The highest BCUT2D eigenvalue weighted by molar-refractivity contribution is 7.15. The standard InChI is InChI=1S/C20H19N3OS/c1-15(17-10-6-3-7-11-17)14-19-22-23-20(25-19)21-18(24)13-12-16-8-4-2-5-9-16/h2-13,15H,14H2,1H3,(H,21,23,24)/b13-12+. The lowest BCUT2D eigenvalue weighted by Gasteiger charge is -2.08. The highest BCUT2D eigenvalue weighted by Crippen LogP contribution is 2.24. The van der Waals surface area contributed by atoms with Gasteiger partial charge in [-0.05, 0) is 23.1 Å². The zero-order chi connectivity index (χ0) is 17.5. The smallest absolute Gasteiger partial charge is 0.250 e. The lowest BCUT2D eigenvalue weighted by molar-refractivity contribution is -0.111. The highest BCUT2D eigenvalue weighted by atomic mass is 32.1. The first kappa shape index (κ1) is 17.0. The molecule has 0 bridgehead atoms. The Balaban J connectivity index is 1.56. The molecule has 3 rings (SSSR count). The van der Waals surface area contributed by atoms with Crippen molar-refractivity contribution in [3.05, 3.63) is 82.9 Å². The number of carbonyl (C=O) groups is 1. The first-order valence-electron chi connectivity index (χ1n) is 8.12. The van der Waals surface area contributed by atoms with Gasteiger partial charge in [0.05, 0.1) is 0 Å². The Morgan fingerprint density at radius 1 is 1.08 bits per heavy atom. The molecule has 0 radical (unpaired) electrons. The number of carbonyl (C=O) groups excluding carboxylic acids is 1. The normalized spacial score (nSPS) is 12.2. The van der Waals surface area contributed by atoms with Crippen molar-refractivity contribution in [2.45, 2.75) is 19.3 Å². The van der Waals surface area contributed by atoms with Crippen LogP contribution in [-0.2, 0) is 11.2 Å². The van der Waals surface area contributed by atoms with E-state index in [0.717, 1.165) is 17.0 Å². The lowest BCUT2D eigenvalue weighted by Crippen LogP contribution is -2.07. The summed E-state index contributed by atoms with van der Waals surface area (Å²) in [6, 6.07) is 20.0. The van der Waals surface area contributed by atoms with Crippen LogP contribution in [0.25, 0.3) is 6.08 Å². The van der Waals surface area contributed by atoms with Crippen LogP contribution in [0.4, 0.5) is 5.13 Å². The number of anilines is 1. The first-order valence-corrected chi connectivity index (χ1v) is 8.94. The lowest BCUT2D eigenvalue weighted by atomic mass is 9.98. The predicted molar refractivity (Wildman–Crippen MR) is 103 cm³/mol. The number of rotatable bonds is 6. The fourth-order valence-corrected chi connectivity index (χ4v) is 3.30. The molecule has 0 aliphatic heterocycles. The van der Waals surface area contributed by atoms with Crippen LogP contribution in [0.5, 0.6) is 0 Å². The van der Waals surface area contributed by atoms with Crippen LogP contribution in [-0.4, -0.2) is 16.1 Å². The minimum Gasteiger partial charge on any atom is -0.297 e. The SMILES string of the molecule is CC(Cc1nnc(NC(=O)/C=C/c2ccccc2)s1)c1ccccc1. The van der Waals surface area contributed by atoms with Crippen molar-refractivity contribution in [2.75, 3.05) is 5.32 Å². The number of aromatic nitrogens is 2. The highest BCUT2D eigenvalue weighted by Gasteiger charge is 2.11. The Morgan fingerprint density at radius 2 is 1.76 bits per heavy atom. The molecule has 3 aromatic rings. The van der Waals surface area contributed by atoms with E-state index in [-0.39, 0.29) is 5.91 Å². The number of nitrogens with zero attached hydrogens (tertiary/aromatic N) is 2. The number of hydrogen-bond acceptors (Lipinski definition) is 4. The fourth-order valence-electron chi connectivity index (χ4n) is 2.43. The summed E-state index contributed by atoms with van der Waals surface area (Å²) < 4.78 is 0. The summed E-state index contributed by atoms with van der Waals surface area (Å²) in [5.74, 6) is 0.151. The van der Waals surface area contributed by atoms with E-state index in [1.807, 2.05) is 48.5 Å². The van der Waals surface area contributed by atoms with Crippen molar-refractivity contribution in [3.8, 4) is 0 Å². The first-order chi connectivity index (χ1) is 12.2. The van der Waals surface area contributed by atoms with Gasteiger partial charge in [-0.1, -0.05) is 78.9 Å². The van der Waals surface area contributed by atoms with Crippen LogP contribution in [0.2, 0.25) is 0 Å². The zero-order valence-corrected chi connectivity index (χ0v) is 14.7. The molecule has 0 aliphatic rings. The molecule has 5 heteroatoms. The van der Waals surface area contributed by atoms with E-state index in [9.17, 15) is 4.79 Å². The molecule has 0 saturated carbocycles. The molecule has 1 N–H and O–H groups in total. The number of amides is 1. The summed E-state index contributed by atoms with van der Waals surface area (Å²) in [6.07, 6.45) is 4.08. The van der Waals surface area contributed by atoms with Gasteiger partial charge in [-0.15, -0.1) is 10.2 Å². The van der Waals surface area contributed by atoms with Crippen LogP contribution < -0.4 is 5.32 Å². The Bertz CT molecular complexity index is 844. The monoisotopic (exact) mass is 349 g/mol. The van der Waals surface area contributed by atoms with Crippen molar-refractivity contribution >= 4 is 28.5 Å². The van der Waals surface area contributed by atoms with Crippen molar-refractivity contribution in [1.29, 1.82) is 0 Å². The average Bonchev–Trinajstić information content (AvgIpc) is 3.08. The molecule has 1 heterocycles. The van der Waals surface area contributed by atoms with Gasteiger partial charge in [-0.2, -0.15) is 0 Å². The second-order valence-corrected chi connectivity index (χ2v) is 6.81. The zero-order valence-electron chi connectivity index (χ0n) is 13.9. The molecule has 0 aliphatic carbocycles. The molecular weight excluding hydrogens is 330 g/mol. The van der Waals surface area contributed by atoms with Crippen LogP contribution in [0.3, 0.4) is 0 Å². The topological polar surface area (TPSA) is 54.9 Å². The predicted octanol–water partition coefficient (Wildman–Crippen LogP) is 4.54. The third kappa shape index (κ3) is 5.09. The molecule has 1 amide bonds. The Morgan fingerprint density at radius 3 is 2.48 bits per heavy atom. The molecule has 1 unspecified atom stereocenters. The van der Waals surface area contributed by atoms with Gasteiger partial charge < -0.3 is 0 Å². The summed E-state index contributed by atoms with van der Waals surface area (Å²) in [4.78, 5) is 12.0. The molecule has 0 spiro atoms. The molecule has 4 nitrogen and oxygen atoms in total. The van der Waals surface area contributed by atoms with Gasteiger partial charge >= 0.3 is 0 Å². The van der Waals surface area contributed by atoms with Crippen LogP contribution >= 0.6 is 11.3 Å². The van der Waals surface area contributed by atoms with Gasteiger partial charge in [0, 0.05) is 12.5 Å². The minimum absolute atomic E-state index is 0.206. The Labute approximate surface area is 151 Å². The maximum Gasteiger partial charge on any atom is 0.250 e. The third-order valence-electron chi connectivity index (χ3n) is 3.77. The Kier molecular flexibility index (Phi) is 5.69. The average molecular weight is 349 g/mol. The van der Waals surface area contributed by atoms with Crippen molar-refractivity contribution in [1.82, 2.24) is 10.2 Å². The second kappa shape index (κ2) is 8.35. The third-order valence-corrected chi connectivity index (χ3v) is 4.63. The minimum atomic E-state index is -0.206. The van der Waals surface area contributed by atoms with E-state index in [2.05, 4.69) is 34.6 Å². The van der Waals surface area contributed by atoms with Gasteiger partial charge in [-0.3, -0.25) is 10.1 Å². The number of nitrogens with one attached hydrogen (secondary N) is 1. The summed E-state index contributed by atoms with van der Waals surface area (Å²) in [6.45, 7) is 2.16. The largest absolute Gasteiger partial charge is 0.297 e. The van der Waals surface area contributed by atoms with E-state index in [0.29, 0.717) is 11.0 Å². The van der Waals surface area contributed by atoms with E-state index in [1.54, 1.807) is 6.08 Å². The van der Waals surface area contributed by atoms with Crippen molar-refractivity contribution in [3.63, 3.8) is 0 Å². The van der Waals surface area contributed by atoms with Gasteiger partial charge in [0.15, 0.2) is 0 Å². The molecule has 0 saturated heterocycles. The maximum atomic E-state index is 12.0. The summed E-state index contributed by atoms with van der Waals surface area (Å²) in [7, 11) is 0. The molecule has 1 atom stereocenters. The molecule has 2 aromatic carbocycles.